The number of carbonyl (C=O) groups excluding carboxylic acids is 1. The van der Waals surface area contributed by atoms with E-state index in [1.54, 1.807) is 0 Å². The predicted molar refractivity (Wildman–Crippen MR) is 54.5 cm³/mol. The quantitative estimate of drug-likeness (QED) is 0.485. The molecule has 0 heterocycles. The van der Waals surface area contributed by atoms with Gasteiger partial charge in [0, 0.05) is 6.42 Å². The van der Waals surface area contributed by atoms with Gasteiger partial charge in [0.15, 0.2) is 0 Å². The topological polar surface area (TPSA) is 26.3 Å². The fraction of sp³-hybridized carbons (Fsp3) is 0.727. The number of ether oxygens (including phenoxy) is 1. The molecule has 0 unspecified atom stereocenters. The Bertz CT molecular complexity index is 179. The van der Waals surface area contributed by atoms with Crippen LogP contribution in [0.3, 0.4) is 0 Å². The van der Waals surface area contributed by atoms with Gasteiger partial charge in [-0.25, -0.2) is 0 Å². The van der Waals surface area contributed by atoms with Crippen molar-refractivity contribution < 1.29 is 9.53 Å². The van der Waals surface area contributed by atoms with Crippen molar-refractivity contribution in [1.29, 1.82) is 0 Å². The van der Waals surface area contributed by atoms with Crippen molar-refractivity contribution in [3.8, 4) is 0 Å². The summed E-state index contributed by atoms with van der Waals surface area (Å²) in [4.78, 5) is 10.9. The Hall–Kier alpha value is -0.790. The lowest BCUT2D eigenvalue weighted by atomic mass is 10.0. The molecule has 0 aliphatic rings. The first-order chi connectivity index (χ1) is 6.06. The highest BCUT2D eigenvalue weighted by molar-refractivity contribution is 5.69. The summed E-state index contributed by atoms with van der Waals surface area (Å²) < 4.78 is 4.59. The van der Waals surface area contributed by atoms with Gasteiger partial charge >= 0.3 is 5.97 Å². The van der Waals surface area contributed by atoms with E-state index in [0.717, 1.165) is 12.8 Å². The van der Waals surface area contributed by atoms with Gasteiger partial charge in [0.05, 0.1) is 7.11 Å². The molecule has 1 atom stereocenters. The second kappa shape index (κ2) is 6.70. The molecule has 0 rings (SSSR count). The molecule has 0 fully saturated rings. The van der Waals surface area contributed by atoms with Crippen LogP contribution in [0.5, 0.6) is 0 Å². The number of rotatable bonds is 5. The van der Waals surface area contributed by atoms with E-state index >= 15 is 0 Å². The molecule has 0 aromatic heterocycles. The number of hydrogen-bond donors (Lipinski definition) is 0. The van der Waals surface area contributed by atoms with E-state index in [4.69, 9.17) is 0 Å². The van der Waals surface area contributed by atoms with Crippen LogP contribution in [0.15, 0.2) is 11.6 Å². The van der Waals surface area contributed by atoms with E-state index in [0.29, 0.717) is 12.3 Å². The Balaban J connectivity index is 3.57. The zero-order valence-electron chi connectivity index (χ0n) is 9.09. The maximum absolute atomic E-state index is 10.9. The van der Waals surface area contributed by atoms with Crippen LogP contribution in [0.4, 0.5) is 0 Å². The van der Waals surface area contributed by atoms with E-state index in [1.807, 2.05) is 0 Å². The first-order valence-corrected chi connectivity index (χ1v) is 4.76. The third kappa shape index (κ3) is 7.57. The molecule has 2 heteroatoms. The molecule has 0 saturated heterocycles. The Morgan fingerprint density at radius 1 is 1.46 bits per heavy atom. The molecule has 0 amide bonds. The molecule has 0 radical (unpaired) electrons. The van der Waals surface area contributed by atoms with Crippen molar-refractivity contribution in [2.24, 2.45) is 5.92 Å². The molecule has 0 saturated carbocycles. The van der Waals surface area contributed by atoms with Crippen LogP contribution in [0.2, 0.25) is 0 Å². The van der Waals surface area contributed by atoms with Crippen LogP contribution in [-0.4, -0.2) is 13.1 Å². The highest BCUT2D eigenvalue weighted by Crippen LogP contribution is 2.12. The van der Waals surface area contributed by atoms with Gasteiger partial charge in [0.25, 0.3) is 0 Å². The van der Waals surface area contributed by atoms with Gasteiger partial charge in [-0.3, -0.25) is 4.79 Å². The minimum absolute atomic E-state index is 0.107. The number of esters is 1. The summed E-state index contributed by atoms with van der Waals surface area (Å²) in [5, 5.41) is 0. The van der Waals surface area contributed by atoms with E-state index in [2.05, 4.69) is 31.6 Å². The molecule has 76 valence electrons. The standard InChI is InChI=1S/C11H20O2/c1-9(2)6-5-7-10(3)8-11(12)13-4/h6,10H,5,7-8H2,1-4H3/t10-/m0/s1. The fourth-order valence-electron chi connectivity index (χ4n) is 1.13. The monoisotopic (exact) mass is 184 g/mol. The Labute approximate surface area is 81.0 Å². The Kier molecular flexibility index (Phi) is 6.29. The minimum Gasteiger partial charge on any atom is -0.469 e. The molecular formula is C11H20O2. The van der Waals surface area contributed by atoms with Crippen molar-refractivity contribution in [3.05, 3.63) is 11.6 Å². The van der Waals surface area contributed by atoms with E-state index < -0.39 is 0 Å². The Morgan fingerprint density at radius 3 is 2.54 bits per heavy atom. The first-order valence-electron chi connectivity index (χ1n) is 4.76. The van der Waals surface area contributed by atoms with Gasteiger partial charge in [-0.15, -0.1) is 0 Å². The van der Waals surface area contributed by atoms with Gasteiger partial charge in [-0.2, -0.15) is 0 Å². The molecule has 0 N–H and O–H groups in total. The molecular weight excluding hydrogens is 164 g/mol. The van der Waals surface area contributed by atoms with Crippen LogP contribution in [0.25, 0.3) is 0 Å². The maximum atomic E-state index is 10.9. The van der Waals surface area contributed by atoms with E-state index in [-0.39, 0.29) is 5.97 Å². The summed E-state index contributed by atoms with van der Waals surface area (Å²) in [6.07, 6.45) is 4.85. The van der Waals surface area contributed by atoms with Crippen molar-refractivity contribution in [2.75, 3.05) is 7.11 Å². The second-order valence-electron chi connectivity index (χ2n) is 3.74. The number of hydrogen-bond acceptors (Lipinski definition) is 2. The van der Waals surface area contributed by atoms with Crippen LogP contribution in [0, 0.1) is 5.92 Å². The van der Waals surface area contributed by atoms with Gasteiger partial charge in [-0.05, 0) is 32.6 Å². The summed E-state index contributed by atoms with van der Waals surface area (Å²) in [6, 6.07) is 0. The lowest BCUT2D eigenvalue weighted by Crippen LogP contribution is -2.06. The average Bonchev–Trinajstić information content (AvgIpc) is 2.03. The van der Waals surface area contributed by atoms with Crippen LogP contribution in [0.1, 0.15) is 40.0 Å². The maximum Gasteiger partial charge on any atom is 0.305 e. The van der Waals surface area contributed by atoms with Crippen LogP contribution in [-0.2, 0) is 9.53 Å². The van der Waals surface area contributed by atoms with Crippen LogP contribution >= 0.6 is 0 Å². The highest BCUT2D eigenvalue weighted by atomic mass is 16.5. The predicted octanol–water partition coefficient (Wildman–Crippen LogP) is 2.93. The van der Waals surface area contributed by atoms with Crippen LogP contribution < -0.4 is 0 Å². The Morgan fingerprint density at radius 2 is 2.08 bits per heavy atom. The van der Waals surface area contributed by atoms with E-state index in [9.17, 15) is 4.79 Å². The van der Waals surface area contributed by atoms with Gasteiger partial charge in [0.2, 0.25) is 0 Å². The summed E-state index contributed by atoms with van der Waals surface area (Å²) in [5.41, 5.74) is 1.34. The minimum atomic E-state index is -0.107. The van der Waals surface area contributed by atoms with Crippen molar-refractivity contribution in [1.82, 2.24) is 0 Å². The molecule has 13 heavy (non-hydrogen) atoms. The normalized spacial score (nSPS) is 12.0. The second-order valence-corrected chi connectivity index (χ2v) is 3.74. The molecule has 0 bridgehead atoms. The fourth-order valence-corrected chi connectivity index (χ4v) is 1.13. The molecule has 0 aliphatic heterocycles. The van der Waals surface area contributed by atoms with Gasteiger partial charge in [-0.1, -0.05) is 18.6 Å². The molecule has 0 aliphatic carbocycles. The van der Waals surface area contributed by atoms with Gasteiger partial charge in [0.1, 0.15) is 0 Å². The van der Waals surface area contributed by atoms with Crippen molar-refractivity contribution in [3.63, 3.8) is 0 Å². The third-order valence-corrected chi connectivity index (χ3v) is 1.95. The van der Waals surface area contributed by atoms with Gasteiger partial charge < -0.3 is 4.74 Å². The third-order valence-electron chi connectivity index (χ3n) is 1.95. The zero-order valence-corrected chi connectivity index (χ0v) is 9.09. The zero-order chi connectivity index (χ0) is 10.3. The molecule has 0 aromatic carbocycles. The molecule has 0 spiro atoms. The smallest absolute Gasteiger partial charge is 0.305 e. The summed E-state index contributed by atoms with van der Waals surface area (Å²) in [7, 11) is 1.44. The van der Waals surface area contributed by atoms with E-state index in [1.165, 1.54) is 12.7 Å². The first kappa shape index (κ1) is 12.2. The molecule has 2 nitrogen and oxygen atoms in total. The van der Waals surface area contributed by atoms with Crippen molar-refractivity contribution >= 4 is 5.97 Å². The largest absolute Gasteiger partial charge is 0.469 e. The molecule has 0 aromatic rings. The number of allylic oxidation sites excluding steroid dienone is 2. The SMILES string of the molecule is COC(=O)C[C@@H](C)CCC=C(C)C. The summed E-state index contributed by atoms with van der Waals surface area (Å²) >= 11 is 0. The lowest BCUT2D eigenvalue weighted by Gasteiger charge is -2.07. The number of methoxy groups -OCH3 is 1. The number of carbonyl (C=O) groups is 1. The lowest BCUT2D eigenvalue weighted by molar-refractivity contribution is -0.141. The average molecular weight is 184 g/mol. The summed E-state index contributed by atoms with van der Waals surface area (Å²) in [6.45, 7) is 6.26. The highest BCUT2D eigenvalue weighted by Gasteiger charge is 2.07. The summed E-state index contributed by atoms with van der Waals surface area (Å²) in [5.74, 6) is 0.313. The van der Waals surface area contributed by atoms with Crippen molar-refractivity contribution in [2.45, 2.75) is 40.0 Å².